The Morgan fingerprint density at radius 1 is 1.19 bits per heavy atom. The van der Waals surface area contributed by atoms with Crippen LogP contribution in [0.4, 0.5) is 11.7 Å². The van der Waals surface area contributed by atoms with Crippen molar-refractivity contribution in [2.45, 2.75) is 13.0 Å². The molecule has 1 aliphatic rings. The van der Waals surface area contributed by atoms with Gasteiger partial charge in [-0.1, -0.05) is 24.3 Å². The number of oxazole rings is 1. The minimum absolute atomic E-state index is 0.126. The van der Waals surface area contributed by atoms with Gasteiger partial charge in [-0.15, -0.1) is 0 Å². The molecule has 0 bridgehead atoms. The summed E-state index contributed by atoms with van der Waals surface area (Å²) in [6.45, 7) is 1.54. The predicted octanol–water partition coefficient (Wildman–Crippen LogP) is 2.60. The van der Waals surface area contributed by atoms with Gasteiger partial charge in [0.25, 0.3) is 5.91 Å². The van der Waals surface area contributed by atoms with Crippen LogP contribution in [0.3, 0.4) is 0 Å². The average molecular weight is 351 g/mol. The Morgan fingerprint density at radius 2 is 1.92 bits per heavy atom. The molecule has 7 nitrogen and oxygen atoms in total. The van der Waals surface area contributed by atoms with Crippen molar-refractivity contribution in [2.24, 2.45) is 0 Å². The van der Waals surface area contributed by atoms with E-state index in [1.54, 1.807) is 38.2 Å². The lowest BCUT2D eigenvalue weighted by molar-refractivity contribution is -0.127. The van der Waals surface area contributed by atoms with Gasteiger partial charge < -0.3 is 9.15 Å². The standard InChI is InChI=1S/C19H17N3O4/c1-12-18(24)22(14-8-4-6-10-16(14)25-12)11-17(23)21(2)19-20-13-7-3-5-9-15(13)26-19/h3-10,12H,11H2,1-2H3. The summed E-state index contributed by atoms with van der Waals surface area (Å²) in [5, 5.41) is 0. The smallest absolute Gasteiger partial charge is 0.305 e. The van der Waals surface area contributed by atoms with Gasteiger partial charge in [-0.25, -0.2) is 0 Å². The zero-order valence-electron chi connectivity index (χ0n) is 14.4. The van der Waals surface area contributed by atoms with Crippen molar-refractivity contribution in [3.05, 3.63) is 48.5 Å². The predicted molar refractivity (Wildman–Crippen MR) is 96.3 cm³/mol. The Morgan fingerprint density at radius 3 is 2.73 bits per heavy atom. The topological polar surface area (TPSA) is 75.9 Å². The normalized spacial score (nSPS) is 16.3. The SMILES string of the molecule is CC1Oc2ccccc2N(CC(=O)N(C)c2nc3ccccc3o2)C1=O. The highest BCUT2D eigenvalue weighted by Gasteiger charge is 2.33. The number of anilines is 2. The number of hydrogen-bond acceptors (Lipinski definition) is 5. The second-order valence-electron chi connectivity index (χ2n) is 6.07. The lowest BCUT2D eigenvalue weighted by atomic mass is 10.2. The maximum Gasteiger partial charge on any atom is 0.305 e. The number of hydrogen-bond donors (Lipinski definition) is 0. The number of benzene rings is 2. The van der Waals surface area contributed by atoms with E-state index >= 15 is 0 Å². The molecule has 26 heavy (non-hydrogen) atoms. The number of rotatable bonds is 3. The molecule has 0 aliphatic carbocycles. The largest absolute Gasteiger partial charge is 0.479 e. The van der Waals surface area contributed by atoms with Gasteiger partial charge in [-0.2, -0.15) is 4.98 Å². The molecule has 1 unspecified atom stereocenters. The van der Waals surface area contributed by atoms with Crippen LogP contribution in [0.15, 0.2) is 52.9 Å². The number of aromatic nitrogens is 1. The zero-order chi connectivity index (χ0) is 18.3. The van der Waals surface area contributed by atoms with Crippen LogP contribution in [0.2, 0.25) is 0 Å². The van der Waals surface area contributed by atoms with Crippen molar-refractivity contribution in [1.29, 1.82) is 0 Å². The molecular weight excluding hydrogens is 334 g/mol. The molecule has 0 saturated carbocycles. The third-order valence-corrected chi connectivity index (χ3v) is 4.31. The van der Waals surface area contributed by atoms with Crippen LogP contribution in [0.1, 0.15) is 6.92 Å². The van der Waals surface area contributed by atoms with E-state index in [0.29, 0.717) is 22.5 Å². The Bertz CT molecular complexity index is 964. The van der Waals surface area contributed by atoms with Crippen LogP contribution in [0.25, 0.3) is 11.1 Å². The summed E-state index contributed by atoms with van der Waals surface area (Å²) < 4.78 is 11.2. The molecule has 4 rings (SSSR count). The lowest BCUT2D eigenvalue weighted by Gasteiger charge is -2.33. The first-order valence-corrected chi connectivity index (χ1v) is 8.24. The van der Waals surface area contributed by atoms with E-state index in [1.807, 2.05) is 24.3 Å². The quantitative estimate of drug-likeness (QED) is 0.725. The number of fused-ring (bicyclic) bond motifs is 2. The lowest BCUT2D eigenvalue weighted by Crippen LogP contribution is -2.49. The van der Waals surface area contributed by atoms with E-state index in [4.69, 9.17) is 9.15 Å². The molecule has 0 N–H and O–H groups in total. The molecule has 2 aromatic carbocycles. The molecule has 1 aromatic heterocycles. The molecule has 0 spiro atoms. The molecular formula is C19H17N3O4. The molecule has 0 fully saturated rings. The minimum atomic E-state index is -0.646. The average Bonchev–Trinajstić information content (AvgIpc) is 3.08. The maximum atomic E-state index is 12.7. The van der Waals surface area contributed by atoms with Gasteiger partial charge in [0.15, 0.2) is 11.7 Å². The first kappa shape index (κ1) is 16.1. The van der Waals surface area contributed by atoms with Crippen LogP contribution in [-0.2, 0) is 9.59 Å². The summed E-state index contributed by atoms with van der Waals surface area (Å²) in [5.74, 6) is 0.00809. The van der Waals surface area contributed by atoms with Gasteiger partial charge >= 0.3 is 6.01 Å². The third kappa shape index (κ3) is 2.67. The fourth-order valence-electron chi connectivity index (χ4n) is 2.87. The Labute approximate surface area is 149 Å². The molecule has 1 atom stereocenters. The number of amides is 2. The number of ether oxygens (including phenoxy) is 1. The second-order valence-corrected chi connectivity index (χ2v) is 6.07. The Hall–Kier alpha value is -3.35. The van der Waals surface area contributed by atoms with Gasteiger partial charge in [0, 0.05) is 7.05 Å². The number of likely N-dealkylation sites (N-methyl/N-ethyl adjacent to an activating group) is 1. The number of nitrogens with zero attached hydrogens (tertiary/aromatic N) is 3. The zero-order valence-corrected chi connectivity index (χ0v) is 14.4. The van der Waals surface area contributed by atoms with Crippen LogP contribution >= 0.6 is 0 Å². The highest BCUT2D eigenvalue weighted by Crippen LogP contribution is 2.33. The minimum Gasteiger partial charge on any atom is -0.479 e. The van der Waals surface area contributed by atoms with Crippen molar-refractivity contribution >= 4 is 34.6 Å². The Balaban J connectivity index is 1.60. The van der Waals surface area contributed by atoms with E-state index in [2.05, 4.69) is 4.98 Å². The highest BCUT2D eigenvalue weighted by atomic mass is 16.5. The summed E-state index contributed by atoms with van der Waals surface area (Å²) in [6, 6.07) is 14.6. The molecule has 2 heterocycles. The monoisotopic (exact) mass is 351 g/mol. The van der Waals surface area contributed by atoms with Gasteiger partial charge in [-0.3, -0.25) is 19.4 Å². The molecule has 3 aromatic rings. The van der Waals surface area contributed by atoms with Gasteiger partial charge in [0.05, 0.1) is 5.69 Å². The molecule has 2 amide bonds. The fourth-order valence-corrected chi connectivity index (χ4v) is 2.87. The van der Waals surface area contributed by atoms with E-state index < -0.39 is 6.10 Å². The van der Waals surface area contributed by atoms with Crippen molar-refractivity contribution in [2.75, 3.05) is 23.4 Å². The van der Waals surface area contributed by atoms with Crippen LogP contribution in [0, 0.1) is 0 Å². The number of carbonyl (C=O) groups is 2. The van der Waals surface area contributed by atoms with E-state index in [1.165, 1.54) is 9.80 Å². The fraction of sp³-hybridized carbons (Fsp3) is 0.211. The van der Waals surface area contributed by atoms with Crippen molar-refractivity contribution < 1.29 is 18.7 Å². The summed E-state index contributed by atoms with van der Waals surface area (Å²) in [4.78, 5) is 32.3. The van der Waals surface area contributed by atoms with Crippen LogP contribution < -0.4 is 14.5 Å². The molecule has 0 radical (unpaired) electrons. The van der Waals surface area contributed by atoms with Gasteiger partial charge in [0.2, 0.25) is 5.91 Å². The summed E-state index contributed by atoms with van der Waals surface area (Å²) >= 11 is 0. The molecule has 1 aliphatic heterocycles. The van der Waals surface area contributed by atoms with E-state index in [-0.39, 0.29) is 24.4 Å². The van der Waals surface area contributed by atoms with Crippen molar-refractivity contribution in [1.82, 2.24) is 4.98 Å². The molecule has 0 saturated heterocycles. The summed E-state index contributed by atoms with van der Waals surface area (Å²) in [5.41, 5.74) is 1.85. The second kappa shape index (κ2) is 6.18. The first-order chi connectivity index (χ1) is 12.5. The maximum absolute atomic E-state index is 12.7. The number of para-hydroxylation sites is 4. The summed E-state index contributed by atoms with van der Waals surface area (Å²) in [7, 11) is 1.58. The van der Waals surface area contributed by atoms with Gasteiger partial charge in [0.1, 0.15) is 17.8 Å². The highest BCUT2D eigenvalue weighted by molar-refractivity contribution is 6.06. The first-order valence-electron chi connectivity index (χ1n) is 8.24. The Kier molecular flexibility index (Phi) is 3.84. The van der Waals surface area contributed by atoms with E-state index in [9.17, 15) is 9.59 Å². The number of carbonyl (C=O) groups excluding carboxylic acids is 2. The van der Waals surface area contributed by atoms with Crippen LogP contribution in [-0.4, -0.2) is 36.5 Å². The third-order valence-electron chi connectivity index (χ3n) is 4.31. The van der Waals surface area contributed by atoms with E-state index in [0.717, 1.165) is 0 Å². The summed E-state index contributed by atoms with van der Waals surface area (Å²) in [6.07, 6.45) is -0.646. The molecule has 7 heteroatoms. The van der Waals surface area contributed by atoms with Crippen molar-refractivity contribution in [3.8, 4) is 5.75 Å². The molecule has 132 valence electrons. The van der Waals surface area contributed by atoms with Gasteiger partial charge in [-0.05, 0) is 31.2 Å². The van der Waals surface area contributed by atoms with Crippen molar-refractivity contribution in [3.63, 3.8) is 0 Å². The van der Waals surface area contributed by atoms with Crippen LogP contribution in [0.5, 0.6) is 5.75 Å².